The summed E-state index contributed by atoms with van der Waals surface area (Å²) in [5.41, 5.74) is -0.226. The summed E-state index contributed by atoms with van der Waals surface area (Å²) in [6, 6.07) is 0.631. The van der Waals surface area contributed by atoms with Crippen LogP contribution in [0.5, 0.6) is 11.5 Å². The van der Waals surface area contributed by atoms with E-state index >= 15 is 0 Å². The fourth-order valence-corrected chi connectivity index (χ4v) is 4.35. The summed E-state index contributed by atoms with van der Waals surface area (Å²) in [4.78, 5) is 33.5. The third-order valence-electron chi connectivity index (χ3n) is 5.01. The van der Waals surface area contributed by atoms with Gasteiger partial charge in [-0.2, -0.15) is 0 Å². The van der Waals surface area contributed by atoms with Crippen LogP contribution in [0.3, 0.4) is 0 Å². The summed E-state index contributed by atoms with van der Waals surface area (Å²) in [5.74, 6) is -1.62. The molecular weight excluding hydrogens is 406 g/mol. The topological polar surface area (TPSA) is 110 Å². The second-order valence-corrected chi connectivity index (χ2v) is 8.34. The number of rotatable bonds is 7. The summed E-state index contributed by atoms with van der Waals surface area (Å²) < 4.78 is 10.5. The Bertz CT molecular complexity index is 914. The standard InChI is InChI=1S/C21H25N3O5S/c1-11(20-24-14-7-5-6-8-16(14)30-20)13(3)29-21(27)12(2)23-19(26)17-18(25)15(28-4)9-10-22-17/h5-14,16,25H,1-4H3,(H,23,26). The number of nitrogens with zero attached hydrogens (tertiary/aromatic N) is 2. The summed E-state index contributed by atoms with van der Waals surface area (Å²) in [5, 5.41) is 13.8. The minimum atomic E-state index is -0.925. The van der Waals surface area contributed by atoms with E-state index in [2.05, 4.69) is 22.5 Å². The predicted octanol–water partition coefficient (Wildman–Crippen LogP) is 2.49. The molecule has 3 rings (SSSR count). The van der Waals surface area contributed by atoms with Gasteiger partial charge in [-0.05, 0) is 13.8 Å². The van der Waals surface area contributed by atoms with Crippen LogP contribution in [0.1, 0.15) is 31.3 Å². The highest BCUT2D eigenvalue weighted by Crippen LogP contribution is 2.35. The van der Waals surface area contributed by atoms with E-state index in [9.17, 15) is 14.7 Å². The number of nitrogens with one attached hydrogen (secondary N) is 1. The molecule has 0 aromatic carbocycles. The zero-order valence-corrected chi connectivity index (χ0v) is 18.1. The molecule has 0 saturated carbocycles. The first kappa shape index (κ1) is 21.9. The Kier molecular flexibility index (Phi) is 6.81. The molecule has 2 N–H and O–H groups in total. The van der Waals surface area contributed by atoms with Gasteiger partial charge < -0.3 is 19.9 Å². The Morgan fingerprint density at radius 1 is 1.23 bits per heavy atom. The molecule has 0 saturated heterocycles. The maximum atomic E-state index is 12.5. The van der Waals surface area contributed by atoms with Crippen molar-refractivity contribution in [2.24, 2.45) is 10.9 Å². The Hall–Kier alpha value is -2.81. The van der Waals surface area contributed by atoms with Gasteiger partial charge in [-0.3, -0.25) is 9.79 Å². The number of amides is 1. The van der Waals surface area contributed by atoms with Crippen LogP contribution in [0, 0.1) is 5.92 Å². The largest absolute Gasteiger partial charge is 0.503 e. The first-order valence-electron chi connectivity index (χ1n) is 9.64. The van der Waals surface area contributed by atoms with Gasteiger partial charge in [0.25, 0.3) is 5.91 Å². The lowest BCUT2D eigenvalue weighted by Crippen LogP contribution is -2.42. The SMILES string of the molecule is COc1ccnc(C(=O)NC(C)C(=O)OC(C)C(C)C2=NC3C=CC=CC3S2)c1O. The number of carbonyl (C=O) groups is 2. The molecule has 8 nitrogen and oxygen atoms in total. The maximum Gasteiger partial charge on any atom is 0.328 e. The first-order chi connectivity index (χ1) is 14.3. The second kappa shape index (κ2) is 9.34. The highest BCUT2D eigenvalue weighted by Gasteiger charge is 2.33. The van der Waals surface area contributed by atoms with Crippen LogP contribution < -0.4 is 10.1 Å². The molecule has 2 aliphatic rings. The molecule has 5 atom stereocenters. The fraction of sp³-hybridized carbons (Fsp3) is 0.429. The number of hydrogen-bond donors (Lipinski definition) is 2. The Morgan fingerprint density at radius 3 is 2.67 bits per heavy atom. The van der Waals surface area contributed by atoms with E-state index in [-0.39, 0.29) is 34.4 Å². The van der Waals surface area contributed by atoms with Gasteiger partial charge in [-0.1, -0.05) is 31.2 Å². The lowest BCUT2D eigenvalue weighted by molar-refractivity contribution is -0.151. The third-order valence-corrected chi connectivity index (χ3v) is 6.44. The molecule has 160 valence electrons. The van der Waals surface area contributed by atoms with Crippen LogP contribution in [-0.4, -0.2) is 57.6 Å². The quantitative estimate of drug-likeness (QED) is 0.638. The van der Waals surface area contributed by atoms with E-state index in [1.54, 1.807) is 11.8 Å². The molecule has 1 aromatic heterocycles. The number of allylic oxidation sites excluding steroid dienone is 2. The van der Waals surface area contributed by atoms with E-state index < -0.39 is 24.0 Å². The number of aromatic nitrogens is 1. The van der Waals surface area contributed by atoms with Crippen molar-refractivity contribution in [3.8, 4) is 11.5 Å². The van der Waals surface area contributed by atoms with Gasteiger partial charge in [0.05, 0.1) is 23.4 Å². The minimum Gasteiger partial charge on any atom is -0.503 e. The van der Waals surface area contributed by atoms with Crippen molar-refractivity contribution >= 4 is 28.7 Å². The average molecular weight is 432 g/mol. The molecule has 0 bridgehead atoms. The molecular formula is C21H25N3O5S. The number of pyridine rings is 1. The summed E-state index contributed by atoms with van der Waals surface area (Å²) in [6.07, 6.45) is 9.10. The van der Waals surface area contributed by atoms with E-state index in [0.717, 1.165) is 5.04 Å². The normalized spacial score (nSPS) is 22.5. The van der Waals surface area contributed by atoms with Crippen LogP contribution in [0.15, 0.2) is 41.6 Å². The summed E-state index contributed by atoms with van der Waals surface area (Å²) in [6.45, 7) is 5.29. The van der Waals surface area contributed by atoms with Crippen molar-refractivity contribution in [3.63, 3.8) is 0 Å². The monoisotopic (exact) mass is 431 g/mol. The maximum absolute atomic E-state index is 12.5. The molecule has 30 heavy (non-hydrogen) atoms. The van der Waals surface area contributed by atoms with E-state index in [4.69, 9.17) is 14.5 Å². The molecule has 9 heteroatoms. The zero-order chi connectivity index (χ0) is 21.8. The number of ether oxygens (including phenoxy) is 2. The molecule has 1 aliphatic carbocycles. The molecule has 5 unspecified atom stereocenters. The van der Waals surface area contributed by atoms with Crippen molar-refractivity contribution in [1.29, 1.82) is 0 Å². The number of methoxy groups -OCH3 is 1. The van der Waals surface area contributed by atoms with Crippen molar-refractivity contribution in [3.05, 3.63) is 42.3 Å². The zero-order valence-electron chi connectivity index (χ0n) is 17.2. The highest BCUT2D eigenvalue weighted by molar-refractivity contribution is 8.15. The van der Waals surface area contributed by atoms with Gasteiger partial charge >= 0.3 is 5.97 Å². The summed E-state index contributed by atoms with van der Waals surface area (Å²) >= 11 is 1.68. The number of aliphatic imine (C=N–C) groups is 1. The van der Waals surface area contributed by atoms with Gasteiger partial charge in [-0.15, -0.1) is 11.8 Å². The number of carbonyl (C=O) groups excluding carboxylic acids is 2. The molecule has 0 spiro atoms. The van der Waals surface area contributed by atoms with Crippen LogP contribution in [-0.2, 0) is 9.53 Å². The minimum absolute atomic E-state index is 0.0710. The van der Waals surface area contributed by atoms with Crippen molar-refractivity contribution < 1.29 is 24.2 Å². The van der Waals surface area contributed by atoms with Crippen molar-refractivity contribution in [2.45, 2.75) is 44.2 Å². The fourth-order valence-electron chi connectivity index (χ4n) is 3.02. The molecule has 1 aliphatic heterocycles. The van der Waals surface area contributed by atoms with Crippen LogP contribution in [0.25, 0.3) is 0 Å². The van der Waals surface area contributed by atoms with Gasteiger partial charge in [0.2, 0.25) is 0 Å². The predicted molar refractivity (Wildman–Crippen MR) is 115 cm³/mol. The van der Waals surface area contributed by atoms with E-state index in [0.29, 0.717) is 0 Å². The molecule has 2 heterocycles. The number of aromatic hydroxyl groups is 1. The van der Waals surface area contributed by atoms with Gasteiger partial charge in [-0.25, -0.2) is 9.78 Å². The van der Waals surface area contributed by atoms with Crippen molar-refractivity contribution in [2.75, 3.05) is 7.11 Å². The molecule has 1 aromatic rings. The number of esters is 1. The third kappa shape index (κ3) is 4.67. The van der Waals surface area contributed by atoms with Gasteiger partial charge in [0, 0.05) is 18.2 Å². The smallest absolute Gasteiger partial charge is 0.328 e. The van der Waals surface area contributed by atoms with Crippen LogP contribution in [0.2, 0.25) is 0 Å². The Balaban J connectivity index is 1.57. The van der Waals surface area contributed by atoms with Gasteiger partial charge in [0.15, 0.2) is 17.2 Å². The molecule has 1 amide bonds. The Labute approximate surface area is 179 Å². The lowest BCUT2D eigenvalue weighted by atomic mass is 10.1. The Morgan fingerprint density at radius 2 is 1.97 bits per heavy atom. The number of fused-ring (bicyclic) bond motifs is 1. The van der Waals surface area contributed by atoms with Crippen LogP contribution in [0.4, 0.5) is 0 Å². The average Bonchev–Trinajstić information content (AvgIpc) is 3.17. The van der Waals surface area contributed by atoms with Crippen molar-refractivity contribution in [1.82, 2.24) is 10.3 Å². The first-order valence-corrected chi connectivity index (χ1v) is 10.5. The summed E-state index contributed by atoms with van der Waals surface area (Å²) in [7, 11) is 1.37. The highest BCUT2D eigenvalue weighted by atomic mass is 32.2. The van der Waals surface area contributed by atoms with Gasteiger partial charge in [0.1, 0.15) is 12.1 Å². The number of thioether (sulfide) groups is 1. The lowest BCUT2D eigenvalue weighted by Gasteiger charge is -2.22. The van der Waals surface area contributed by atoms with E-state index in [1.807, 2.05) is 26.0 Å². The van der Waals surface area contributed by atoms with E-state index in [1.165, 1.54) is 26.3 Å². The number of hydrogen-bond acceptors (Lipinski definition) is 8. The molecule has 0 radical (unpaired) electrons. The second-order valence-electron chi connectivity index (χ2n) is 7.15. The molecule has 0 fully saturated rings. The van der Waals surface area contributed by atoms with Crippen LogP contribution >= 0.6 is 11.8 Å².